The van der Waals surface area contributed by atoms with Crippen LogP contribution in [0.2, 0.25) is 0 Å². The third-order valence-corrected chi connectivity index (χ3v) is 2.43. The minimum Gasteiger partial charge on any atom is -0.508 e. The van der Waals surface area contributed by atoms with E-state index in [2.05, 4.69) is 12.2 Å². The molecule has 0 aliphatic heterocycles. The molecule has 1 atom stereocenters. The van der Waals surface area contributed by atoms with Crippen LogP contribution in [0.3, 0.4) is 0 Å². The Kier molecular flexibility index (Phi) is 4.77. The number of rotatable bonds is 6. The van der Waals surface area contributed by atoms with E-state index in [-0.39, 0.29) is 5.75 Å². The molecule has 0 fully saturated rings. The molecule has 0 saturated carbocycles. The summed E-state index contributed by atoms with van der Waals surface area (Å²) in [6.45, 7) is 5.38. The molecule has 0 radical (unpaired) electrons. The number of hydrogen-bond acceptors (Lipinski definition) is 3. The van der Waals surface area contributed by atoms with Crippen LogP contribution in [0.15, 0.2) is 24.3 Å². The summed E-state index contributed by atoms with van der Waals surface area (Å²) in [5, 5.41) is 22.7. The van der Waals surface area contributed by atoms with Crippen LogP contribution in [0.5, 0.6) is 5.75 Å². The average Bonchev–Trinajstić information content (AvgIpc) is 2.17. The van der Waals surface area contributed by atoms with Gasteiger partial charge in [0.1, 0.15) is 5.75 Å². The summed E-state index contributed by atoms with van der Waals surface area (Å²) < 4.78 is 0. The second-order valence-electron chi connectivity index (χ2n) is 4.52. The molecule has 1 aromatic rings. The molecule has 0 heterocycles. The van der Waals surface area contributed by atoms with Crippen molar-refractivity contribution in [3.63, 3.8) is 0 Å². The van der Waals surface area contributed by atoms with Crippen molar-refractivity contribution in [1.29, 1.82) is 0 Å². The number of aliphatic hydroxyl groups is 1. The Labute approximate surface area is 97.1 Å². The van der Waals surface area contributed by atoms with Crippen LogP contribution in [0.1, 0.15) is 25.8 Å². The third kappa shape index (κ3) is 4.64. The fraction of sp³-hybridized carbons (Fsp3) is 0.538. The van der Waals surface area contributed by atoms with Gasteiger partial charge < -0.3 is 15.5 Å². The van der Waals surface area contributed by atoms with E-state index >= 15 is 0 Å². The molecular weight excluding hydrogens is 202 g/mol. The van der Waals surface area contributed by atoms with Crippen molar-refractivity contribution in [2.45, 2.75) is 32.3 Å². The largest absolute Gasteiger partial charge is 0.508 e. The van der Waals surface area contributed by atoms with E-state index in [0.717, 1.165) is 18.5 Å². The minimum absolute atomic E-state index is 0.245. The quantitative estimate of drug-likeness (QED) is 0.643. The van der Waals surface area contributed by atoms with E-state index in [1.165, 1.54) is 0 Å². The Hall–Kier alpha value is -1.06. The summed E-state index contributed by atoms with van der Waals surface area (Å²) >= 11 is 0. The van der Waals surface area contributed by atoms with E-state index in [1.54, 1.807) is 25.1 Å². The SMILES string of the molecule is CCCNCC(C)(O)Cc1cccc(O)c1. The fourth-order valence-corrected chi connectivity index (χ4v) is 1.70. The van der Waals surface area contributed by atoms with Gasteiger partial charge in [-0.1, -0.05) is 19.1 Å². The maximum atomic E-state index is 10.1. The van der Waals surface area contributed by atoms with E-state index in [4.69, 9.17) is 0 Å². The van der Waals surface area contributed by atoms with Crippen LogP contribution in [0.25, 0.3) is 0 Å². The summed E-state index contributed by atoms with van der Waals surface area (Å²) in [6, 6.07) is 7.02. The molecule has 1 unspecified atom stereocenters. The molecular formula is C13H21NO2. The molecule has 3 N–H and O–H groups in total. The Balaban J connectivity index is 2.51. The van der Waals surface area contributed by atoms with Gasteiger partial charge in [-0.05, 0) is 37.6 Å². The second kappa shape index (κ2) is 5.87. The molecule has 1 rings (SSSR count). The topological polar surface area (TPSA) is 52.5 Å². The van der Waals surface area contributed by atoms with E-state index in [0.29, 0.717) is 13.0 Å². The number of hydrogen-bond donors (Lipinski definition) is 3. The van der Waals surface area contributed by atoms with Gasteiger partial charge in [0.2, 0.25) is 0 Å². The van der Waals surface area contributed by atoms with Gasteiger partial charge in [0, 0.05) is 13.0 Å². The first-order valence-corrected chi connectivity index (χ1v) is 5.74. The zero-order chi connectivity index (χ0) is 12.0. The number of nitrogens with one attached hydrogen (secondary N) is 1. The monoisotopic (exact) mass is 223 g/mol. The highest BCUT2D eigenvalue weighted by Gasteiger charge is 2.20. The molecule has 3 heteroatoms. The van der Waals surface area contributed by atoms with E-state index in [1.807, 2.05) is 6.07 Å². The van der Waals surface area contributed by atoms with Crippen LogP contribution in [-0.4, -0.2) is 28.9 Å². The average molecular weight is 223 g/mol. The van der Waals surface area contributed by atoms with Crippen LogP contribution in [0, 0.1) is 0 Å². The number of aromatic hydroxyl groups is 1. The summed E-state index contributed by atoms with van der Waals surface area (Å²) in [4.78, 5) is 0. The molecule has 0 amide bonds. The lowest BCUT2D eigenvalue weighted by Gasteiger charge is -2.23. The van der Waals surface area contributed by atoms with Crippen molar-refractivity contribution >= 4 is 0 Å². The van der Waals surface area contributed by atoms with Gasteiger partial charge in [0.15, 0.2) is 0 Å². The third-order valence-electron chi connectivity index (χ3n) is 2.43. The van der Waals surface area contributed by atoms with Crippen LogP contribution < -0.4 is 5.32 Å². The highest BCUT2D eigenvalue weighted by Crippen LogP contribution is 2.16. The number of benzene rings is 1. The van der Waals surface area contributed by atoms with Crippen molar-refractivity contribution in [3.8, 4) is 5.75 Å². The van der Waals surface area contributed by atoms with Crippen LogP contribution in [0.4, 0.5) is 0 Å². The lowest BCUT2D eigenvalue weighted by atomic mass is 9.96. The molecule has 0 aliphatic carbocycles. The lowest BCUT2D eigenvalue weighted by Crippen LogP contribution is -2.39. The Morgan fingerprint density at radius 2 is 2.12 bits per heavy atom. The molecule has 1 aromatic carbocycles. The number of phenolic OH excluding ortho intramolecular Hbond substituents is 1. The van der Waals surface area contributed by atoms with Crippen molar-refractivity contribution < 1.29 is 10.2 Å². The highest BCUT2D eigenvalue weighted by atomic mass is 16.3. The first-order chi connectivity index (χ1) is 7.53. The van der Waals surface area contributed by atoms with E-state index in [9.17, 15) is 10.2 Å². The van der Waals surface area contributed by atoms with Gasteiger partial charge in [-0.3, -0.25) is 0 Å². The van der Waals surface area contributed by atoms with Gasteiger partial charge in [-0.15, -0.1) is 0 Å². The maximum Gasteiger partial charge on any atom is 0.115 e. The van der Waals surface area contributed by atoms with Crippen LogP contribution >= 0.6 is 0 Å². The predicted molar refractivity (Wildman–Crippen MR) is 65.6 cm³/mol. The summed E-state index contributed by atoms with van der Waals surface area (Å²) in [7, 11) is 0. The zero-order valence-electron chi connectivity index (χ0n) is 10.0. The molecule has 0 saturated heterocycles. The standard InChI is InChI=1S/C13H21NO2/c1-3-7-14-10-13(2,16)9-11-5-4-6-12(15)8-11/h4-6,8,14-16H,3,7,9-10H2,1-2H3. The van der Waals surface area contributed by atoms with Gasteiger partial charge in [-0.25, -0.2) is 0 Å². The molecule has 90 valence electrons. The second-order valence-corrected chi connectivity index (χ2v) is 4.52. The van der Waals surface area contributed by atoms with Gasteiger partial charge in [0.25, 0.3) is 0 Å². The van der Waals surface area contributed by atoms with Crippen LogP contribution in [-0.2, 0) is 6.42 Å². The zero-order valence-corrected chi connectivity index (χ0v) is 10.0. The molecule has 0 aliphatic rings. The predicted octanol–water partition coefficient (Wildman–Crippen LogP) is 1.69. The lowest BCUT2D eigenvalue weighted by molar-refractivity contribution is 0.0603. The Morgan fingerprint density at radius 1 is 1.38 bits per heavy atom. The fourth-order valence-electron chi connectivity index (χ4n) is 1.70. The summed E-state index contributed by atoms with van der Waals surface area (Å²) in [5.74, 6) is 0.245. The normalized spacial score (nSPS) is 14.7. The van der Waals surface area contributed by atoms with Gasteiger partial charge >= 0.3 is 0 Å². The van der Waals surface area contributed by atoms with Gasteiger partial charge in [0.05, 0.1) is 5.60 Å². The molecule has 0 aromatic heterocycles. The van der Waals surface area contributed by atoms with Crippen molar-refractivity contribution in [1.82, 2.24) is 5.32 Å². The first-order valence-electron chi connectivity index (χ1n) is 5.74. The summed E-state index contributed by atoms with van der Waals surface area (Å²) in [5.41, 5.74) is 0.173. The molecule has 0 spiro atoms. The minimum atomic E-state index is -0.775. The Bertz CT molecular complexity index is 323. The van der Waals surface area contributed by atoms with Gasteiger partial charge in [-0.2, -0.15) is 0 Å². The molecule has 3 nitrogen and oxygen atoms in total. The molecule has 0 bridgehead atoms. The van der Waals surface area contributed by atoms with Crippen molar-refractivity contribution in [2.24, 2.45) is 0 Å². The van der Waals surface area contributed by atoms with Crippen molar-refractivity contribution in [2.75, 3.05) is 13.1 Å². The van der Waals surface area contributed by atoms with Crippen molar-refractivity contribution in [3.05, 3.63) is 29.8 Å². The maximum absolute atomic E-state index is 10.1. The number of phenols is 1. The summed E-state index contributed by atoms with van der Waals surface area (Å²) in [6.07, 6.45) is 1.60. The Morgan fingerprint density at radius 3 is 2.75 bits per heavy atom. The smallest absolute Gasteiger partial charge is 0.115 e. The first kappa shape index (κ1) is 13.0. The highest BCUT2D eigenvalue weighted by molar-refractivity contribution is 5.28. The molecule has 16 heavy (non-hydrogen) atoms. The van der Waals surface area contributed by atoms with E-state index < -0.39 is 5.60 Å².